The van der Waals surface area contributed by atoms with Crippen LogP contribution in [0, 0.1) is 0 Å². The summed E-state index contributed by atoms with van der Waals surface area (Å²) in [5, 5.41) is 9.58. The third kappa shape index (κ3) is 1.84. The van der Waals surface area contributed by atoms with Gasteiger partial charge in [-0.3, -0.25) is 0 Å². The Morgan fingerprint density at radius 1 is 1.75 bits per heavy atom. The fraction of sp³-hybridized carbons (Fsp3) is 0.625. The molecule has 4 nitrogen and oxygen atoms in total. The third-order valence-electron chi connectivity index (χ3n) is 1.87. The smallest absolute Gasteiger partial charge is 0.0967 e. The van der Waals surface area contributed by atoms with Crippen LogP contribution in [-0.4, -0.2) is 21.2 Å². The van der Waals surface area contributed by atoms with Gasteiger partial charge in [0.2, 0.25) is 0 Å². The maximum atomic E-state index is 9.58. The zero-order chi connectivity index (χ0) is 8.97. The van der Waals surface area contributed by atoms with Crippen molar-refractivity contribution in [2.24, 2.45) is 5.73 Å². The zero-order valence-corrected chi connectivity index (χ0v) is 7.27. The van der Waals surface area contributed by atoms with E-state index in [0.717, 1.165) is 12.2 Å². The van der Waals surface area contributed by atoms with Crippen molar-refractivity contribution >= 4 is 0 Å². The topological polar surface area (TPSA) is 64.1 Å². The highest BCUT2D eigenvalue weighted by Gasteiger charge is 2.10. The molecule has 0 saturated carbocycles. The zero-order valence-electron chi connectivity index (χ0n) is 7.27. The van der Waals surface area contributed by atoms with E-state index >= 15 is 0 Å². The lowest BCUT2D eigenvalue weighted by molar-refractivity contribution is 0.161. The highest BCUT2D eigenvalue weighted by atomic mass is 16.3. The molecule has 68 valence electrons. The lowest BCUT2D eigenvalue weighted by Gasteiger charge is -2.10. The first-order valence-electron chi connectivity index (χ1n) is 4.17. The number of nitrogens with two attached hydrogens (primary N) is 1. The Morgan fingerprint density at radius 3 is 3.08 bits per heavy atom. The molecule has 3 N–H and O–H groups in total. The van der Waals surface area contributed by atoms with E-state index in [-0.39, 0.29) is 0 Å². The van der Waals surface area contributed by atoms with Gasteiger partial charge in [-0.1, -0.05) is 0 Å². The van der Waals surface area contributed by atoms with Crippen LogP contribution in [0.25, 0.3) is 0 Å². The number of aromatic nitrogens is 2. The summed E-state index contributed by atoms with van der Waals surface area (Å²) in [4.78, 5) is 3.96. The van der Waals surface area contributed by atoms with Gasteiger partial charge in [0.05, 0.1) is 24.3 Å². The van der Waals surface area contributed by atoms with E-state index in [1.807, 2.05) is 11.5 Å². The Labute approximate surface area is 72.0 Å². The highest BCUT2D eigenvalue weighted by molar-refractivity contribution is 5.02. The molecule has 0 spiro atoms. The maximum Gasteiger partial charge on any atom is 0.0967 e. The fourth-order valence-corrected chi connectivity index (χ4v) is 1.18. The number of nitrogens with zero attached hydrogens (tertiary/aromatic N) is 2. The first kappa shape index (κ1) is 9.22. The normalized spacial score (nSPS) is 13.2. The Bertz CT molecular complexity index is 234. The molecule has 4 heteroatoms. The average molecular weight is 169 g/mol. The van der Waals surface area contributed by atoms with Crippen LogP contribution < -0.4 is 5.73 Å². The lowest BCUT2D eigenvalue weighted by atomic mass is 10.2. The van der Waals surface area contributed by atoms with E-state index in [0.29, 0.717) is 13.0 Å². The summed E-state index contributed by atoms with van der Waals surface area (Å²) in [6.07, 6.45) is 3.52. The molecule has 0 amide bonds. The lowest BCUT2D eigenvalue weighted by Crippen LogP contribution is -2.10. The van der Waals surface area contributed by atoms with E-state index in [1.165, 1.54) is 0 Å². The van der Waals surface area contributed by atoms with Crippen molar-refractivity contribution in [2.45, 2.75) is 26.0 Å². The second-order valence-electron chi connectivity index (χ2n) is 2.70. The minimum Gasteiger partial charge on any atom is -0.387 e. The minimum atomic E-state index is -0.475. The summed E-state index contributed by atoms with van der Waals surface area (Å²) >= 11 is 0. The fourth-order valence-electron chi connectivity index (χ4n) is 1.18. The second kappa shape index (κ2) is 4.23. The van der Waals surface area contributed by atoms with E-state index in [9.17, 15) is 5.11 Å². The second-order valence-corrected chi connectivity index (χ2v) is 2.70. The van der Waals surface area contributed by atoms with Gasteiger partial charge in [0, 0.05) is 6.54 Å². The number of aliphatic hydroxyl groups excluding tert-OH is 1. The molecular formula is C8H15N3O. The molecule has 1 aromatic heterocycles. The summed E-state index contributed by atoms with van der Waals surface area (Å²) in [5.41, 5.74) is 6.19. The monoisotopic (exact) mass is 169 g/mol. The van der Waals surface area contributed by atoms with Crippen molar-refractivity contribution in [2.75, 3.05) is 6.54 Å². The van der Waals surface area contributed by atoms with Gasteiger partial charge in [-0.2, -0.15) is 0 Å². The molecule has 1 atom stereocenters. The maximum absolute atomic E-state index is 9.58. The van der Waals surface area contributed by atoms with E-state index in [1.54, 1.807) is 12.5 Å². The van der Waals surface area contributed by atoms with Gasteiger partial charge in [0.15, 0.2) is 0 Å². The van der Waals surface area contributed by atoms with Crippen LogP contribution >= 0.6 is 0 Å². The molecule has 0 fully saturated rings. The quantitative estimate of drug-likeness (QED) is 0.680. The molecule has 1 heterocycles. The summed E-state index contributed by atoms with van der Waals surface area (Å²) in [5.74, 6) is 0. The highest BCUT2D eigenvalue weighted by Crippen LogP contribution is 2.14. The standard InChI is InChI=1S/C8H15N3O/c1-2-11-6-10-5-7(11)8(12)3-4-9/h5-6,8,12H,2-4,9H2,1H3. The summed E-state index contributed by atoms with van der Waals surface area (Å²) < 4.78 is 1.92. The van der Waals surface area contributed by atoms with Crippen LogP contribution in [0.3, 0.4) is 0 Å². The molecule has 1 unspecified atom stereocenters. The Hall–Kier alpha value is -0.870. The van der Waals surface area contributed by atoms with Gasteiger partial charge >= 0.3 is 0 Å². The van der Waals surface area contributed by atoms with E-state index < -0.39 is 6.10 Å². The van der Waals surface area contributed by atoms with Gasteiger partial charge in [-0.05, 0) is 19.9 Å². The molecule has 0 aromatic carbocycles. The van der Waals surface area contributed by atoms with Crippen molar-refractivity contribution < 1.29 is 5.11 Å². The van der Waals surface area contributed by atoms with Crippen molar-refractivity contribution in [1.82, 2.24) is 9.55 Å². The Morgan fingerprint density at radius 2 is 2.50 bits per heavy atom. The van der Waals surface area contributed by atoms with Crippen LogP contribution in [0.1, 0.15) is 25.1 Å². The number of aliphatic hydroxyl groups is 1. The molecule has 0 aliphatic rings. The van der Waals surface area contributed by atoms with Crippen LogP contribution in [0.2, 0.25) is 0 Å². The van der Waals surface area contributed by atoms with Crippen molar-refractivity contribution in [3.05, 3.63) is 18.2 Å². The molecule has 0 bridgehead atoms. The van der Waals surface area contributed by atoms with Gasteiger partial charge in [-0.25, -0.2) is 4.98 Å². The molecule has 0 aliphatic carbocycles. The predicted octanol–water partition coefficient (Wildman–Crippen LogP) is 0.285. The number of hydrogen-bond acceptors (Lipinski definition) is 3. The average Bonchev–Trinajstić information content (AvgIpc) is 2.51. The predicted molar refractivity (Wildman–Crippen MR) is 46.5 cm³/mol. The molecule has 1 rings (SSSR count). The van der Waals surface area contributed by atoms with Gasteiger partial charge < -0.3 is 15.4 Å². The van der Waals surface area contributed by atoms with Crippen molar-refractivity contribution in [3.63, 3.8) is 0 Å². The number of hydrogen-bond donors (Lipinski definition) is 2. The van der Waals surface area contributed by atoms with Gasteiger partial charge in [-0.15, -0.1) is 0 Å². The van der Waals surface area contributed by atoms with Crippen molar-refractivity contribution in [3.8, 4) is 0 Å². The van der Waals surface area contributed by atoms with Crippen LogP contribution in [0.5, 0.6) is 0 Å². The summed E-state index contributed by atoms with van der Waals surface area (Å²) in [6.45, 7) is 3.34. The van der Waals surface area contributed by atoms with Gasteiger partial charge in [0.25, 0.3) is 0 Å². The minimum absolute atomic E-state index is 0.475. The van der Waals surface area contributed by atoms with Crippen LogP contribution in [0.15, 0.2) is 12.5 Å². The van der Waals surface area contributed by atoms with Gasteiger partial charge in [0.1, 0.15) is 0 Å². The SMILES string of the molecule is CCn1cncc1C(O)CCN. The first-order valence-corrected chi connectivity index (χ1v) is 4.17. The number of aryl methyl sites for hydroxylation is 1. The molecule has 0 aliphatic heterocycles. The Balaban J connectivity index is 2.71. The molecule has 0 radical (unpaired) electrons. The van der Waals surface area contributed by atoms with E-state index in [4.69, 9.17) is 5.73 Å². The summed E-state index contributed by atoms with van der Waals surface area (Å²) in [7, 11) is 0. The van der Waals surface area contributed by atoms with E-state index in [2.05, 4.69) is 4.98 Å². The molecular weight excluding hydrogens is 154 g/mol. The molecule has 1 aromatic rings. The molecule has 0 saturated heterocycles. The number of rotatable bonds is 4. The number of imidazole rings is 1. The van der Waals surface area contributed by atoms with Crippen molar-refractivity contribution in [1.29, 1.82) is 0 Å². The Kier molecular flexibility index (Phi) is 3.25. The van der Waals surface area contributed by atoms with Crippen LogP contribution in [-0.2, 0) is 6.54 Å². The van der Waals surface area contributed by atoms with Crippen LogP contribution in [0.4, 0.5) is 0 Å². The third-order valence-corrected chi connectivity index (χ3v) is 1.87. The summed E-state index contributed by atoms with van der Waals surface area (Å²) in [6, 6.07) is 0. The largest absolute Gasteiger partial charge is 0.387 e. The first-order chi connectivity index (χ1) is 5.79. The molecule has 12 heavy (non-hydrogen) atoms.